The number of carbonyl (C=O) groups excluding carboxylic acids is 1. The lowest BCUT2D eigenvalue weighted by Crippen LogP contribution is -2.55. The molecule has 0 spiro atoms. The van der Waals surface area contributed by atoms with Crippen molar-refractivity contribution in [3.8, 4) is 5.75 Å². The summed E-state index contributed by atoms with van der Waals surface area (Å²) >= 11 is 0. The summed E-state index contributed by atoms with van der Waals surface area (Å²) in [6, 6.07) is 9.58. The molecule has 4 nitrogen and oxygen atoms in total. The van der Waals surface area contributed by atoms with Crippen LogP contribution in [0.3, 0.4) is 0 Å². The zero-order valence-corrected chi connectivity index (χ0v) is 11.2. The van der Waals surface area contributed by atoms with Crippen LogP contribution in [0.15, 0.2) is 30.3 Å². The van der Waals surface area contributed by atoms with E-state index in [1.807, 2.05) is 30.3 Å². The van der Waals surface area contributed by atoms with E-state index in [2.05, 4.69) is 5.32 Å². The number of hydrogen-bond donors (Lipinski definition) is 2. The van der Waals surface area contributed by atoms with Crippen LogP contribution in [-0.4, -0.2) is 24.6 Å². The molecule has 2 rings (SSSR count). The van der Waals surface area contributed by atoms with Crippen molar-refractivity contribution in [3.63, 3.8) is 0 Å². The Morgan fingerprint density at radius 2 is 1.89 bits per heavy atom. The summed E-state index contributed by atoms with van der Waals surface area (Å²) in [5.74, 6) is 0.778. The zero-order valence-electron chi connectivity index (χ0n) is 11.2. The van der Waals surface area contributed by atoms with Gasteiger partial charge in [0, 0.05) is 0 Å². The first-order chi connectivity index (χ1) is 9.21. The van der Waals surface area contributed by atoms with Crippen molar-refractivity contribution in [2.75, 3.05) is 13.2 Å². The minimum absolute atomic E-state index is 0.0381. The van der Waals surface area contributed by atoms with E-state index in [9.17, 15) is 4.79 Å². The van der Waals surface area contributed by atoms with Crippen LogP contribution in [0, 0.1) is 0 Å². The highest BCUT2D eigenvalue weighted by Crippen LogP contribution is 2.25. The van der Waals surface area contributed by atoms with E-state index in [1.165, 1.54) is 6.42 Å². The Labute approximate surface area is 114 Å². The largest absolute Gasteiger partial charge is 0.492 e. The molecule has 0 atom stereocenters. The van der Waals surface area contributed by atoms with E-state index < -0.39 is 5.54 Å². The molecule has 1 aromatic rings. The number of nitrogens with one attached hydrogen (secondary N) is 1. The smallest absolute Gasteiger partial charge is 0.240 e. The third-order valence-corrected chi connectivity index (χ3v) is 3.60. The van der Waals surface area contributed by atoms with Gasteiger partial charge >= 0.3 is 0 Å². The maximum Gasteiger partial charge on any atom is 0.240 e. The average molecular weight is 262 g/mol. The van der Waals surface area contributed by atoms with Gasteiger partial charge in [-0.25, -0.2) is 0 Å². The van der Waals surface area contributed by atoms with Crippen molar-refractivity contribution < 1.29 is 9.53 Å². The molecule has 3 N–H and O–H groups in total. The van der Waals surface area contributed by atoms with Gasteiger partial charge in [0.25, 0.3) is 0 Å². The third kappa shape index (κ3) is 3.96. The lowest BCUT2D eigenvalue weighted by atomic mass is 9.82. The van der Waals surface area contributed by atoms with Crippen LogP contribution in [0.1, 0.15) is 32.1 Å². The van der Waals surface area contributed by atoms with E-state index >= 15 is 0 Å². The highest BCUT2D eigenvalue weighted by atomic mass is 16.5. The van der Waals surface area contributed by atoms with Crippen LogP contribution < -0.4 is 15.8 Å². The zero-order chi connectivity index (χ0) is 13.6. The van der Waals surface area contributed by atoms with Crippen molar-refractivity contribution in [2.24, 2.45) is 5.73 Å². The molecule has 0 heterocycles. The molecule has 0 unspecified atom stereocenters. The number of rotatable bonds is 5. The van der Waals surface area contributed by atoms with Crippen molar-refractivity contribution in [3.05, 3.63) is 30.3 Å². The minimum Gasteiger partial charge on any atom is -0.492 e. The third-order valence-electron chi connectivity index (χ3n) is 3.60. The molecule has 0 bridgehead atoms. The van der Waals surface area contributed by atoms with Gasteiger partial charge in [-0.05, 0) is 25.0 Å². The number of hydrogen-bond acceptors (Lipinski definition) is 3. The number of nitrogens with two attached hydrogens (primary N) is 1. The number of carbonyl (C=O) groups is 1. The summed E-state index contributed by atoms with van der Waals surface area (Å²) in [5, 5.41) is 2.87. The summed E-state index contributed by atoms with van der Waals surface area (Å²) < 4.78 is 5.52. The Morgan fingerprint density at radius 3 is 2.58 bits per heavy atom. The molecule has 1 aromatic carbocycles. The molecular formula is C15H22N2O2. The fourth-order valence-electron chi connectivity index (χ4n) is 2.44. The van der Waals surface area contributed by atoms with Gasteiger partial charge in [0.1, 0.15) is 12.4 Å². The van der Waals surface area contributed by atoms with Crippen molar-refractivity contribution >= 4 is 5.91 Å². The van der Waals surface area contributed by atoms with Crippen molar-refractivity contribution in [1.29, 1.82) is 0 Å². The molecule has 4 heteroatoms. The molecule has 1 amide bonds. The topological polar surface area (TPSA) is 64.4 Å². The molecule has 1 aliphatic carbocycles. The summed E-state index contributed by atoms with van der Waals surface area (Å²) in [7, 11) is 0. The van der Waals surface area contributed by atoms with Gasteiger partial charge in [-0.15, -0.1) is 0 Å². The normalized spacial score (nSPS) is 17.7. The molecule has 0 aliphatic heterocycles. The van der Waals surface area contributed by atoms with Crippen LogP contribution >= 0.6 is 0 Å². The standard InChI is InChI=1S/C15H22N2O2/c16-15(9-5-2-6-10-15)14(18)17-11-12-19-13-7-3-1-4-8-13/h1,3-4,7-8H,2,5-6,9-12,16H2,(H,17,18). The first-order valence-electron chi connectivity index (χ1n) is 6.96. The Morgan fingerprint density at radius 1 is 1.21 bits per heavy atom. The molecule has 1 aliphatic rings. The first-order valence-corrected chi connectivity index (χ1v) is 6.96. The fourth-order valence-corrected chi connectivity index (χ4v) is 2.44. The molecule has 1 saturated carbocycles. The molecule has 0 radical (unpaired) electrons. The van der Waals surface area contributed by atoms with E-state index in [4.69, 9.17) is 10.5 Å². The van der Waals surface area contributed by atoms with Gasteiger partial charge in [-0.2, -0.15) is 0 Å². The maximum absolute atomic E-state index is 12.0. The molecule has 0 aromatic heterocycles. The predicted molar refractivity (Wildman–Crippen MR) is 75.0 cm³/mol. The number of para-hydroxylation sites is 1. The van der Waals surface area contributed by atoms with Crippen LogP contribution in [0.4, 0.5) is 0 Å². The highest BCUT2D eigenvalue weighted by Gasteiger charge is 2.34. The Balaban J connectivity index is 1.69. The van der Waals surface area contributed by atoms with Gasteiger partial charge < -0.3 is 15.8 Å². The van der Waals surface area contributed by atoms with Gasteiger partial charge in [0.05, 0.1) is 12.1 Å². The Hall–Kier alpha value is -1.55. The summed E-state index contributed by atoms with van der Waals surface area (Å²) in [5.41, 5.74) is 5.48. The van der Waals surface area contributed by atoms with Gasteiger partial charge in [0.15, 0.2) is 0 Å². The second-order valence-corrected chi connectivity index (χ2v) is 5.13. The van der Waals surface area contributed by atoms with Crippen LogP contribution in [0.2, 0.25) is 0 Å². The summed E-state index contributed by atoms with van der Waals surface area (Å²) in [4.78, 5) is 12.0. The van der Waals surface area contributed by atoms with E-state index in [1.54, 1.807) is 0 Å². The van der Waals surface area contributed by atoms with Crippen LogP contribution in [-0.2, 0) is 4.79 Å². The Kier molecular flexibility index (Phi) is 4.80. The second kappa shape index (κ2) is 6.57. The number of ether oxygens (including phenoxy) is 1. The fraction of sp³-hybridized carbons (Fsp3) is 0.533. The van der Waals surface area contributed by atoms with Gasteiger partial charge in [-0.3, -0.25) is 4.79 Å². The van der Waals surface area contributed by atoms with Gasteiger partial charge in [-0.1, -0.05) is 37.5 Å². The van der Waals surface area contributed by atoms with Crippen molar-refractivity contribution in [2.45, 2.75) is 37.6 Å². The van der Waals surface area contributed by atoms with E-state index in [-0.39, 0.29) is 5.91 Å². The highest BCUT2D eigenvalue weighted by molar-refractivity contribution is 5.86. The second-order valence-electron chi connectivity index (χ2n) is 5.13. The number of benzene rings is 1. The quantitative estimate of drug-likeness (QED) is 0.796. The molecule has 104 valence electrons. The summed E-state index contributed by atoms with van der Waals surface area (Å²) in [6.45, 7) is 0.957. The predicted octanol–water partition coefficient (Wildman–Crippen LogP) is 1.84. The lowest BCUT2D eigenvalue weighted by molar-refractivity contribution is -0.127. The van der Waals surface area contributed by atoms with Gasteiger partial charge in [0.2, 0.25) is 5.91 Å². The lowest BCUT2D eigenvalue weighted by Gasteiger charge is -2.31. The van der Waals surface area contributed by atoms with Crippen molar-refractivity contribution in [1.82, 2.24) is 5.32 Å². The SMILES string of the molecule is NC1(C(=O)NCCOc2ccccc2)CCCCC1. The number of amides is 1. The summed E-state index contributed by atoms with van der Waals surface area (Å²) in [6.07, 6.45) is 4.86. The maximum atomic E-state index is 12.0. The van der Waals surface area contributed by atoms with E-state index in [0.717, 1.165) is 31.4 Å². The minimum atomic E-state index is -0.662. The molecular weight excluding hydrogens is 240 g/mol. The molecule has 1 fully saturated rings. The van der Waals surface area contributed by atoms with Crippen LogP contribution in [0.25, 0.3) is 0 Å². The molecule has 19 heavy (non-hydrogen) atoms. The Bertz CT molecular complexity index is 400. The average Bonchev–Trinajstić information content (AvgIpc) is 2.45. The van der Waals surface area contributed by atoms with Crippen LogP contribution in [0.5, 0.6) is 5.75 Å². The first kappa shape index (κ1) is 13.9. The monoisotopic (exact) mass is 262 g/mol. The van der Waals surface area contributed by atoms with E-state index in [0.29, 0.717) is 13.2 Å². The molecule has 0 saturated heterocycles.